The van der Waals surface area contributed by atoms with E-state index in [0.717, 1.165) is 35.4 Å². The molecule has 2 aromatic heterocycles. The van der Waals surface area contributed by atoms with Crippen molar-refractivity contribution in [3.05, 3.63) is 23.1 Å². The molecule has 0 aromatic carbocycles. The fourth-order valence-corrected chi connectivity index (χ4v) is 3.48. The average Bonchev–Trinajstić information content (AvgIpc) is 2.81. The summed E-state index contributed by atoms with van der Waals surface area (Å²) in [4.78, 5) is 6.95. The maximum absolute atomic E-state index is 6.18. The minimum atomic E-state index is 0.451. The number of anilines is 1. The summed E-state index contributed by atoms with van der Waals surface area (Å²) in [7, 11) is 0. The van der Waals surface area contributed by atoms with E-state index in [-0.39, 0.29) is 0 Å². The highest BCUT2D eigenvalue weighted by atomic mass is 35.5. The van der Waals surface area contributed by atoms with Crippen molar-refractivity contribution in [2.75, 3.05) is 18.0 Å². The van der Waals surface area contributed by atoms with Crippen molar-refractivity contribution in [3.8, 4) is 0 Å². The first-order chi connectivity index (χ1) is 9.70. The zero-order chi connectivity index (χ0) is 13.7. The summed E-state index contributed by atoms with van der Waals surface area (Å²) in [5.74, 6) is 0.991. The van der Waals surface area contributed by atoms with Crippen LogP contribution in [0.2, 0.25) is 5.15 Å². The van der Waals surface area contributed by atoms with Crippen molar-refractivity contribution in [3.63, 3.8) is 0 Å². The molecule has 4 heterocycles. The number of fused-ring (bicyclic) bond motifs is 3. The quantitative estimate of drug-likeness (QED) is 0.869. The van der Waals surface area contributed by atoms with Crippen LogP contribution in [0.1, 0.15) is 18.5 Å². The van der Waals surface area contributed by atoms with E-state index in [1.54, 1.807) is 0 Å². The van der Waals surface area contributed by atoms with Crippen molar-refractivity contribution in [1.29, 1.82) is 0 Å². The van der Waals surface area contributed by atoms with Gasteiger partial charge in [-0.05, 0) is 25.8 Å². The summed E-state index contributed by atoms with van der Waals surface area (Å²) in [5.41, 5.74) is 0.865. The van der Waals surface area contributed by atoms with Gasteiger partial charge in [-0.2, -0.15) is 5.10 Å². The maximum atomic E-state index is 6.18. The Labute approximate surface area is 122 Å². The molecule has 0 spiro atoms. The standard InChI is InChI=1S/C14H16ClN5/c1-8-12-5-16-13(4-11(12)14(15)19-18-8)20-6-9-2-3-10(7-20)17-9/h4-5,9-10,17H,2-3,6-7H2,1H3. The van der Waals surface area contributed by atoms with Crippen molar-refractivity contribution < 1.29 is 0 Å². The van der Waals surface area contributed by atoms with Gasteiger partial charge in [-0.25, -0.2) is 4.98 Å². The Morgan fingerprint density at radius 2 is 1.95 bits per heavy atom. The molecule has 5 nitrogen and oxygen atoms in total. The number of pyridine rings is 1. The molecule has 2 aromatic rings. The van der Waals surface area contributed by atoms with Crippen LogP contribution in [-0.2, 0) is 0 Å². The molecule has 2 fully saturated rings. The number of piperazine rings is 1. The van der Waals surface area contributed by atoms with Crippen molar-refractivity contribution in [2.45, 2.75) is 31.8 Å². The molecule has 2 aliphatic rings. The van der Waals surface area contributed by atoms with Gasteiger partial charge in [-0.15, -0.1) is 5.10 Å². The number of hydrogen-bond donors (Lipinski definition) is 1. The monoisotopic (exact) mass is 289 g/mol. The molecule has 2 bridgehead atoms. The normalized spacial score (nSPS) is 25.4. The lowest BCUT2D eigenvalue weighted by atomic mass is 10.2. The minimum absolute atomic E-state index is 0.451. The molecule has 6 heteroatoms. The zero-order valence-electron chi connectivity index (χ0n) is 11.3. The van der Waals surface area contributed by atoms with Gasteiger partial charge in [0.25, 0.3) is 0 Å². The molecule has 1 N–H and O–H groups in total. The molecule has 0 radical (unpaired) electrons. The third-order valence-corrected chi connectivity index (χ3v) is 4.61. The van der Waals surface area contributed by atoms with Crippen molar-refractivity contribution in [1.82, 2.24) is 20.5 Å². The zero-order valence-corrected chi connectivity index (χ0v) is 12.1. The summed E-state index contributed by atoms with van der Waals surface area (Å²) in [5, 5.41) is 14.0. The molecule has 2 unspecified atom stereocenters. The lowest BCUT2D eigenvalue weighted by molar-refractivity contribution is 0.463. The number of aryl methyl sites for hydroxylation is 1. The van der Waals surface area contributed by atoms with Gasteiger partial charge in [-0.1, -0.05) is 11.6 Å². The van der Waals surface area contributed by atoms with Gasteiger partial charge in [0.15, 0.2) is 5.15 Å². The van der Waals surface area contributed by atoms with Crippen molar-refractivity contribution in [2.24, 2.45) is 0 Å². The number of aromatic nitrogens is 3. The van der Waals surface area contributed by atoms with Crippen LogP contribution < -0.4 is 10.2 Å². The highest BCUT2D eigenvalue weighted by molar-refractivity contribution is 6.34. The highest BCUT2D eigenvalue weighted by Crippen LogP contribution is 2.28. The number of hydrogen-bond acceptors (Lipinski definition) is 5. The molecule has 0 aliphatic carbocycles. The van der Waals surface area contributed by atoms with Crippen LogP contribution in [0.25, 0.3) is 10.8 Å². The molecule has 2 atom stereocenters. The van der Waals surface area contributed by atoms with Crippen LogP contribution in [0.5, 0.6) is 0 Å². The van der Waals surface area contributed by atoms with E-state index in [4.69, 9.17) is 11.6 Å². The number of halogens is 1. The Morgan fingerprint density at radius 3 is 2.70 bits per heavy atom. The van der Waals surface area contributed by atoms with Gasteiger partial charge in [0.05, 0.1) is 5.69 Å². The first-order valence-electron chi connectivity index (χ1n) is 7.00. The first-order valence-corrected chi connectivity index (χ1v) is 7.38. The van der Waals surface area contributed by atoms with Crippen LogP contribution >= 0.6 is 11.6 Å². The van der Waals surface area contributed by atoms with E-state index in [1.165, 1.54) is 12.8 Å². The molecular formula is C14H16ClN5. The molecule has 2 saturated heterocycles. The highest BCUT2D eigenvalue weighted by Gasteiger charge is 2.32. The second kappa shape index (κ2) is 4.53. The third-order valence-electron chi connectivity index (χ3n) is 4.33. The molecule has 4 rings (SSSR count). The summed E-state index contributed by atoms with van der Waals surface area (Å²) >= 11 is 6.18. The first kappa shape index (κ1) is 12.3. The van der Waals surface area contributed by atoms with Gasteiger partial charge in [0, 0.05) is 42.1 Å². The van der Waals surface area contributed by atoms with E-state index in [9.17, 15) is 0 Å². The van der Waals surface area contributed by atoms with Gasteiger partial charge in [0.1, 0.15) is 5.82 Å². The van der Waals surface area contributed by atoms with Crippen LogP contribution in [0.15, 0.2) is 12.3 Å². The molecule has 104 valence electrons. The number of nitrogens with one attached hydrogen (secondary N) is 1. The molecule has 2 aliphatic heterocycles. The second-order valence-electron chi connectivity index (χ2n) is 5.71. The maximum Gasteiger partial charge on any atom is 0.159 e. The molecule has 0 saturated carbocycles. The SMILES string of the molecule is Cc1nnc(Cl)c2cc(N3CC4CCC(C3)N4)ncc12. The van der Waals surface area contributed by atoms with Crippen LogP contribution in [0, 0.1) is 6.92 Å². The fourth-order valence-electron chi connectivity index (χ4n) is 3.29. The predicted molar refractivity (Wildman–Crippen MR) is 79.2 cm³/mol. The third kappa shape index (κ3) is 1.93. The van der Waals surface area contributed by atoms with Gasteiger partial charge in [0.2, 0.25) is 0 Å². The predicted octanol–water partition coefficient (Wildman–Crippen LogP) is 1.93. The van der Waals surface area contributed by atoms with E-state index < -0.39 is 0 Å². The topological polar surface area (TPSA) is 53.9 Å². The summed E-state index contributed by atoms with van der Waals surface area (Å²) < 4.78 is 0. The Bertz CT molecular complexity index is 662. The lowest BCUT2D eigenvalue weighted by Crippen LogP contribution is -2.51. The second-order valence-corrected chi connectivity index (χ2v) is 6.07. The number of nitrogens with zero attached hydrogens (tertiary/aromatic N) is 4. The largest absolute Gasteiger partial charge is 0.353 e. The minimum Gasteiger partial charge on any atom is -0.353 e. The molecular weight excluding hydrogens is 274 g/mol. The smallest absolute Gasteiger partial charge is 0.159 e. The summed E-state index contributed by atoms with van der Waals surface area (Å²) in [6.07, 6.45) is 4.39. The van der Waals surface area contributed by atoms with Crippen LogP contribution in [-0.4, -0.2) is 40.4 Å². The number of rotatable bonds is 1. The van der Waals surface area contributed by atoms with Crippen molar-refractivity contribution >= 4 is 28.2 Å². The molecule has 20 heavy (non-hydrogen) atoms. The molecule has 0 amide bonds. The van der Waals surface area contributed by atoms with Crippen LogP contribution in [0.3, 0.4) is 0 Å². The summed E-state index contributed by atoms with van der Waals surface area (Å²) in [6, 6.07) is 3.24. The average molecular weight is 290 g/mol. The van der Waals surface area contributed by atoms with Gasteiger partial charge in [-0.3, -0.25) is 0 Å². The van der Waals surface area contributed by atoms with E-state index in [2.05, 4.69) is 25.4 Å². The Hall–Kier alpha value is -1.46. The Kier molecular flexibility index (Phi) is 2.79. The fraction of sp³-hybridized carbons (Fsp3) is 0.500. The van der Waals surface area contributed by atoms with E-state index in [1.807, 2.05) is 19.2 Å². The van der Waals surface area contributed by atoms with Gasteiger partial charge < -0.3 is 10.2 Å². The van der Waals surface area contributed by atoms with E-state index in [0.29, 0.717) is 17.2 Å². The van der Waals surface area contributed by atoms with Gasteiger partial charge >= 0.3 is 0 Å². The Balaban J connectivity index is 1.75. The van der Waals surface area contributed by atoms with Crippen LogP contribution in [0.4, 0.5) is 5.82 Å². The summed E-state index contributed by atoms with van der Waals surface area (Å²) in [6.45, 7) is 3.96. The van der Waals surface area contributed by atoms with E-state index >= 15 is 0 Å². The lowest BCUT2D eigenvalue weighted by Gasteiger charge is -2.33. The Morgan fingerprint density at radius 1 is 1.20 bits per heavy atom.